The van der Waals surface area contributed by atoms with E-state index >= 15 is 0 Å². The molecular formula is C12H21N3. The SMILES string of the molecule is Cc1nn(C)c(C)c1C(C)(C)C1(N)CC1. The molecule has 0 saturated heterocycles. The zero-order valence-corrected chi connectivity index (χ0v) is 10.4. The molecule has 1 aromatic rings. The third-order valence-corrected chi connectivity index (χ3v) is 4.17. The van der Waals surface area contributed by atoms with Crippen molar-refractivity contribution in [1.29, 1.82) is 0 Å². The molecule has 1 aliphatic carbocycles. The van der Waals surface area contributed by atoms with Crippen LogP contribution in [0.3, 0.4) is 0 Å². The van der Waals surface area contributed by atoms with Crippen molar-refractivity contribution in [3.8, 4) is 0 Å². The van der Waals surface area contributed by atoms with E-state index in [4.69, 9.17) is 5.73 Å². The number of hydrogen-bond donors (Lipinski definition) is 1. The Kier molecular flexibility index (Phi) is 2.03. The fourth-order valence-corrected chi connectivity index (χ4v) is 2.69. The number of nitrogens with zero attached hydrogens (tertiary/aromatic N) is 2. The molecule has 3 nitrogen and oxygen atoms in total. The summed E-state index contributed by atoms with van der Waals surface area (Å²) in [5.41, 5.74) is 10.1. The summed E-state index contributed by atoms with van der Waals surface area (Å²) in [6.07, 6.45) is 2.27. The quantitative estimate of drug-likeness (QED) is 0.803. The molecule has 0 amide bonds. The predicted molar refractivity (Wildman–Crippen MR) is 61.9 cm³/mol. The van der Waals surface area contributed by atoms with Crippen LogP contribution in [0.1, 0.15) is 43.6 Å². The minimum absolute atomic E-state index is 0.00838. The zero-order chi connectivity index (χ0) is 11.4. The molecule has 0 aliphatic heterocycles. The third kappa shape index (κ3) is 1.33. The van der Waals surface area contributed by atoms with E-state index in [0.717, 1.165) is 18.5 Å². The van der Waals surface area contributed by atoms with Crippen molar-refractivity contribution in [3.63, 3.8) is 0 Å². The molecule has 2 N–H and O–H groups in total. The van der Waals surface area contributed by atoms with Gasteiger partial charge in [-0.15, -0.1) is 0 Å². The molecule has 15 heavy (non-hydrogen) atoms. The van der Waals surface area contributed by atoms with Crippen LogP contribution in [0.5, 0.6) is 0 Å². The third-order valence-electron chi connectivity index (χ3n) is 4.17. The van der Waals surface area contributed by atoms with Crippen molar-refractivity contribution >= 4 is 0 Å². The van der Waals surface area contributed by atoms with E-state index in [-0.39, 0.29) is 11.0 Å². The van der Waals surface area contributed by atoms with Crippen molar-refractivity contribution in [1.82, 2.24) is 9.78 Å². The normalized spacial score (nSPS) is 19.3. The summed E-state index contributed by atoms with van der Waals surface area (Å²) in [6, 6.07) is 0. The van der Waals surface area contributed by atoms with E-state index < -0.39 is 0 Å². The van der Waals surface area contributed by atoms with E-state index in [2.05, 4.69) is 32.8 Å². The smallest absolute Gasteiger partial charge is 0.0634 e. The summed E-state index contributed by atoms with van der Waals surface area (Å²) in [7, 11) is 2.00. The van der Waals surface area contributed by atoms with Gasteiger partial charge in [-0.05, 0) is 26.7 Å². The molecular weight excluding hydrogens is 186 g/mol. The lowest BCUT2D eigenvalue weighted by molar-refractivity contribution is 0.387. The first-order valence-corrected chi connectivity index (χ1v) is 5.59. The van der Waals surface area contributed by atoms with Crippen molar-refractivity contribution in [2.75, 3.05) is 0 Å². The van der Waals surface area contributed by atoms with Crippen LogP contribution < -0.4 is 5.73 Å². The van der Waals surface area contributed by atoms with Gasteiger partial charge in [-0.3, -0.25) is 4.68 Å². The number of nitrogens with two attached hydrogens (primary N) is 1. The lowest BCUT2D eigenvalue weighted by Crippen LogP contribution is -2.44. The van der Waals surface area contributed by atoms with Gasteiger partial charge in [0.05, 0.1) is 5.69 Å². The van der Waals surface area contributed by atoms with Gasteiger partial charge in [-0.2, -0.15) is 5.10 Å². The maximum absolute atomic E-state index is 6.37. The number of aromatic nitrogens is 2. The number of rotatable bonds is 2. The molecule has 0 aromatic carbocycles. The van der Waals surface area contributed by atoms with Crippen LogP contribution in [0.25, 0.3) is 0 Å². The predicted octanol–water partition coefficient (Wildman–Crippen LogP) is 1.81. The van der Waals surface area contributed by atoms with E-state index in [1.54, 1.807) is 0 Å². The van der Waals surface area contributed by atoms with Crippen LogP contribution >= 0.6 is 0 Å². The molecule has 0 bridgehead atoms. The molecule has 84 valence electrons. The van der Waals surface area contributed by atoms with Gasteiger partial charge in [0.2, 0.25) is 0 Å². The first-order chi connectivity index (χ1) is 6.79. The van der Waals surface area contributed by atoms with E-state index in [0.29, 0.717) is 0 Å². The average Bonchev–Trinajstić information content (AvgIpc) is 2.78. The van der Waals surface area contributed by atoms with Crippen molar-refractivity contribution in [2.45, 2.75) is 51.5 Å². The van der Waals surface area contributed by atoms with Crippen LogP contribution in [-0.4, -0.2) is 15.3 Å². The van der Waals surface area contributed by atoms with Crippen LogP contribution in [0, 0.1) is 13.8 Å². The van der Waals surface area contributed by atoms with Crippen molar-refractivity contribution < 1.29 is 0 Å². The van der Waals surface area contributed by atoms with Gasteiger partial charge >= 0.3 is 0 Å². The molecule has 0 unspecified atom stereocenters. The highest BCUT2D eigenvalue weighted by Gasteiger charge is 2.53. The topological polar surface area (TPSA) is 43.8 Å². The Morgan fingerprint density at radius 3 is 2.20 bits per heavy atom. The Morgan fingerprint density at radius 2 is 1.87 bits per heavy atom. The Bertz CT molecular complexity index is 397. The number of hydrogen-bond acceptors (Lipinski definition) is 2. The summed E-state index contributed by atoms with van der Waals surface area (Å²) >= 11 is 0. The maximum Gasteiger partial charge on any atom is 0.0634 e. The lowest BCUT2D eigenvalue weighted by Gasteiger charge is -2.32. The monoisotopic (exact) mass is 207 g/mol. The van der Waals surface area contributed by atoms with Gasteiger partial charge in [-0.25, -0.2) is 0 Å². The summed E-state index contributed by atoms with van der Waals surface area (Å²) in [4.78, 5) is 0. The minimum atomic E-state index is -0.00838. The Balaban J connectivity index is 2.53. The summed E-state index contributed by atoms with van der Waals surface area (Å²) in [5.74, 6) is 0. The second-order valence-electron chi connectivity index (χ2n) is 5.45. The van der Waals surface area contributed by atoms with Crippen LogP contribution in [0.15, 0.2) is 0 Å². The molecule has 0 atom stereocenters. The van der Waals surface area contributed by atoms with Gasteiger partial charge in [-0.1, -0.05) is 13.8 Å². The van der Waals surface area contributed by atoms with Crippen molar-refractivity contribution in [3.05, 3.63) is 17.0 Å². The Morgan fingerprint density at radius 1 is 1.33 bits per heavy atom. The first kappa shape index (κ1) is 10.7. The largest absolute Gasteiger partial charge is 0.324 e. The molecule has 0 radical (unpaired) electrons. The van der Waals surface area contributed by atoms with Gasteiger partial charge in [0.25, 0.3) is 0 Å². The number of aryl methyl sites for hydroxylation is 2. The van der Waals surface area contributed by atoms with Gasteiger partial charge < -0.3 is 5.73 Å². The van der Waals surface area contributed by atoms with Crippen LogP contribution in [0.2, 0.25) is 0 Å². The van der Waals surface area contributed by atoms with Crippen molar-refractivity contribution in [2.24, 2.45) is 12.8 Å². The standard InChI is InChI=1S/C12H21N3/c1-8-10(9(2)15(5)14-8)11(3,4)12(13)6-7-12/h6-7,13H2,1-5H3. The summed E-state index contributed by atoms with van der Waals surface area (Å²) in [6.45, 7) is 8.70. The Labute approximate surface area is 91.7 Å². The molecule has 2 rings (SSSR count). The minimum Gasteiger partial charge on any atom is -0.324 e. The van der Waals surface area contributed by atoms with Crippen LogP contribution in [-0.2, 0) is 12.5 Å². The molecule has 1 fully saturated rings. The molecule has 1 heterocycles. The molecule has 0 spiro atoms. The molecule has 1 aliphatic rings. The molecule has 3 heteroatoms. The second kappa shape index (κ2) is 2.85. The first-order valence-electron chi connectivity index (χ1n) is 5.59. The summed E-state index contributed by atoms with van der Waals surface area (Å²) in [5, 5.41) is 4.48. The molecule has 1 aromatic heterocycles. The maximum atomic E-state index is 6.37. The fourth-order valence-electron chi connectivity index (χ4n) is 2.69. The van der Waals surface area contributed by atoms with Gasteiger partial charge in [0.1, 0.15) is 0 Å². The Hall–Kier alpha value is -0.830. The summed E-state index contributed by atoms with van der Waals surface area (Å²) < 4.78 is 1.96. The van der Waals surface area contributed by atoms with Crippen LogP contribution in [0.4, 0.5) is 0 Å². The van der Waals surface area contributed by atoms with E-state index in [1.165, 1.54) is 11.3 Å². The highest BCUT2D eigenvalue weighted by Crippen LogP contribution is 2.50. The lowest BCUT2D eigenvalue weighted by atomic mass is 9.75. The second-order valence-corrected chi connectivity index (χ2v) is 5.45. The van der Waals surface area contributed by atoms with Gasteiger partial charge in [0, 0.05) is 29.3 Å². The van der Waals surface area contributed by atoms with E-state index in [1.807, 2.05) is 11.7 Å². The highest BCUT2D eigenvalue weighted by atomic mass is 15.3. The van der Waals surface area contributed by atoms with E-state index in [9.17, 15) is 0 Å². The molecule has 1 saturated carbocycles. The average molecular weight is 207 g/mol. The zero-order valence-electron chi connectivity index (χ0n) is 10.4. The highest BCUT2D eigenvalue weighted by molar-refractivity contribution is 5.38. The fraction of sp³-hybridized carbons (Fsp3) is 0.750. The van der Waals surface area contributed by atoms with Gasteiger partial charge in [0.15, 0.2) is 0 Å².